The maximum Gasteiger partial charge on any atom is 0.238 e. The number of carbonyl (C=O) groups is 1. The highest BCUT2D eigenvalue weighted by Gasteiger charge is 2.27. The average molecular weight is 364 g/mol. The Morgan fingerprint density at radius 3 is 2.37 bits per heavy atom. The molecular formula is C23H29N3O. The summed E-state index contributed by atoms with van der Waals surface area (Å²) in [7, 11) is 0. The van der Waals surface area contributed by atoms with E-state index in [1.165, 1.54) is 30.5 Å². The van der Waals surface area contributed by atoms with Gasteiger partial charge in [0.25, 0.3) is 0 Å². The molecule has 2 aliphatic rings. The third-order valence-corrected chi connectivity index (χ3v) is 5.77. The molecular weight excluding hydrogens is 334 g/mol. The van der Waals surface area contributed by atoms with Crippen LogP contribution in [-0.2, 0) is 4.79 Å². The summed E-state index contributed by atoms with van der Waals surface area (Å²) in [6, 6.07) is 19.2. The first-order chi connectivity index (χ1) is 13.3. The maximum absolute atomic E-state index is 12.6. The monoisotopic (exact) mass is 363 g/mol. The molecule has 4 heteroatoms. The van der Waals surface area contributed by atoms with Gasteiger partial charge in [0, 0.05) is 30.5 Å². The minimum atomic E-state index is 0.0727. The summed E-state index contributed by atoms with van der Waals surface area (Å²) in [5.41, 5.74) is 3.46. The summed E-state index contributed by atoms with van der Waals surface area (Å²) < 4.78 is 0. The van der Waals surface area contributed by atoms with Crippen molar-refractivity contribution in [3.8, 4) is 0 Å². The second-order valence-electron chi connectivity index (χ2n) is 7.68. The van der Waals surface area contributed by atoms with E-state index in [0.717, 1.165) is 38.2 Å². The average Bonchev–Trinajstić information content (AvgIpc) is 3.18. The Labute approximate surface area is 162 Å². The minimum Gasteiger partial charge on any atom is -0.372 e. The van der Waals surface area contributed by atoms with E-state index >= 15 is 0 Å². The largest absolute Gasteiger partial charge is 0.372 e. The zero-order valence-electron chi connectivity index (χ0n) is 15.9. The number of hydrogen-bond acceptors (Lipinski definition) is 3. The third-order valence-electron chi connectivity index (χ3n) is 5.77. The first kappa shape index (κ1) is 18.1. The first-order valence-electron chi connectivity index (χ1n) is 10.2. The van der Waals surface area contributed by atoms with Crippen molar-refractivity contribution in [3.05, 3.63) is 60.2 Å². The second-order valence-corrected chi connectivity index (χ2v) is 7.68. The maximum atomic E-state index is 12.6. The SMILES string of the molecule is O=C(CN1CCCC1c1ccccc1)Nc1ccc(N2CCCCC2)cc1. The Morgan fingerprint density at radius 2 is 1.63 bits per heavy atom. The number of anilines is 2. The summed E-state index contributed by atoms with van der Waals surface area (Å²) in [6.07, 6.45) is 6.16. The van der Waals surface area contributed by atoms with Gasteiger partial charge in [-0.25, -0.2) is 0 Å². The highest BCUT2D eigenvalue weighted by Crippen LogP contribution is 2.31. The fourth-order valence-corrected chi connectivity index (χ4v) is 4.36. The van der Waals surface area contributed by atoms with Gasteiger partial charge in [-0.3, -0.25) is 9.69 Å². The molecule has 0 aliphatic carbocycles. The zero-order chi connectivity index (χ0) is 18.5. The number of amides is 1. The molecule has 2 aromatic rings. The van der Waals surface area contributed by atoms with Crippen molar-refractivity contribution < 1.29 is 4.79 Å². The predicted molar refractivity (Wildman–Crippen MR) is 111 cm³/mol. The highest BCUT2D eigenvalue weighted by molar-refractivity contribution is 5.92. The Morgan fingerprint density at radius 1 is 0.889 bits per heavy atom. The number of nitrogens with zero attached hydrogens (tertiary/aromatic N) is 2. The summed E-state index contributed by atoms with van der Waals surface area (Å²) >= 11 is 0. The van der Waals surface area contributed by atoms with Crippen LogP contribution < -0.4 is 10.2 Å². The van der Waals surface area contributed by atoms with E-state index in [-0.39, 0.29) is 5.91 Å². The van der Waals surface area contributed by atoms with E-state index in [1.807, 2.05) is 18.2 Å². The molecule has 1 unspecified atom stereocenters. The molecule has 0 aromatic heterocycles. The van der Waals surface area contributed by atoms with Crippen molar-refractivity contribution in [2.24, 2.45) is 0 Å². The molecule has 27 heavy (non-hydrogen) atoms. The van der Waals surface area contributed by atoms with Crippen LogP contribution in [0, 0.1) is 0 Å². The highest BCUT2D eigenvalue weighted by atomic mass is 16.2. The quantitative estimate of drug-likeness (QED) is 0.852. The topological polar surface area (TPSA) is 35.6 Å². The van der Waals surface area contributed by atoms with Gasteiger partial charge in [-0.2, -0.15) is 0 Å². The van der Waals surface area contributed by atoms with E-state index in [0.29, 0.717) is 12.6 Å². The van der Waals surface area contributed by atoms with Gasteiger partial charge in [-0.1, -0.05) is 30.3 Å². The van der Waals surface area contributed by atoms with Crippen LogP contribution in [0.3, 0.4) is 0 Å². The van der Waals surface area contributed by atoms with Gasteiger partial charge in [0.15, 0.2) is 0 Å². The Hall–Kier alpha value is -2.33. The minimum absolute atomic E-state index is 0.0727. The van der Waals surface area contributed by atoms with Gasteiger partial charge in [-0.15, -0.1) is 0 Å². The lowest BCUT2D eigenvalue weighted by atomic mass is 10.0. The Balaban J connectivity index is 1.33. The predicted octanol–water partition coefficient (Wildman–Crippen LogP) is 4.45. The number of benzene rings is 2. The standard InChI is InChI=1S/C23H29N3O/c27-23(18-26-17-7-10-22(26)19-8-3-1-4-9-19)24-20-11-13-21(14-12-20)25-15-5-2-6-16-25/h1,3-4,8-9,11-14,22H,2,5-7,10,15-18H2,(H,24,27). The molecule has 0 bridgehead atoms. The Kier molecular flexibility index (Phi) is 5.73. The molecule has 4 nitrogen and oxygen atoms in total. The molecule has 2 aliphatic heterocycles. The molecule has 142 valence electrons. The molecule has 1 amide bonds. The van der Waals surface area contributed by atoms with Crippen molar-refractivity contribution in [1.82, 2.24) is 4.90 Å². The van der Waals surface area contributed by atoms with Crippen LogP contribution in [0.4, 0.5) is 11.4 Å². The van der Waals surface area contributed by atoms with E-state index in [2.05, 4.69) is 51.5 Å². The second kappa shape index (κ2) is 8.57. The van der Waals surface area contributed by atoms with Gasteiger partial charge in [0.05, 0.1) is 6.54 Å². The number of hydrogen-bond donors (Lipinski definition) is 1. The van der Waals surface area contributed by atoms with Crippen LogP contribution in [0.2, 0.25) is 0 Å². The molecule has 0 spiro atoms. The molecule has 2 saturated heterocycles. The van der Waals surface area contributed by atoms with Gasteiger partial charge in [0.2, 0.25) is 5.91 Å². The summed E-state index contributed by atoms with van der Waals surface area (Å²) in [6.45, 7) is 3.72. The molecule has 2 heterocycles. The van der Waals surface area contributed by atoms with E-state index < -0.39 is 0 Å². The number of carbonyl (C=O) groups excluding carboxylic acids is 1. The number of rotatable bonds is 5. The lowest BCUT2D eigenvalue weighted by molar-refractivity contribution is -0.117. The fourth-order valence-electron chi connectivity index (χ4n) is 4.36. The van der Waals surface area contributed by atoms with E-state index in [1.54, 1.807) is 0 Å². The molecule has 1 N–H and O–H groups in total. The van der Waals surface area contributed by atoms with Gasteiger partial charge < -0.3 is 10.2 Å². The van der Waals surface area contributed by atoms with Gasteiger partial charge in [0.1, 0.15) is 0 Å². The molecule has 2 fully saturated rings. The summed E-state index contributed by atoms with van der Waals surface area (Å²) in [5.74, 6) is 0.0727. The third kappa shape index (κ3) is 4.51. The van der Waals surface area contributed by atoms with Crippen molar-refractivity contribution in [2.45, 2.75) is 38.1 Å². The molecule has 0 saturated carbocycles. The number of likely N-dealkylation sites (tertiary alicyclic amines) is 1. The van der Waals surface area contributed by atoms with Crippen molar-refractivity contribution >= 4 is 17.3 Å². The molecule has 2 aromatic carbocycles. The summed E-state index contributed by atoms with van der Waals surface area (Å²) in [5, 5.41) is 3.07. The van der Waals surface area contributed by atoms with Crippen LogP contribution in [0.25, 0.3) is 0 Å². The number of piperidine rings is 1. The van der Waals surface area contributed by atoms with Gasteiger partial charge in [-0.05, 0) is 68.5 Å². The molecule has 1 atom stereocenters. The van der Waals surface area contributed by atoms with E-state index in [4.69, 9.17) is 0 Å². The Bertz CT molecular complexity index is 738. The van der Waals surface area contributed by atoms with Crippen LogP contribution in [0.5, 0.6) is 0 Å². The number of nitrogens with one attached hydrogen (secondary N) is 1. The first-order valence-corrected chi connectivity index (χ1v) is 10.2. The summed E-state index contributed by atoms with van der Waals surface area (Å²) in [4.78, 5) is 17.3. The van der Waals surface area contributed by atoms with Crippen molar-refractivity contribution in [1.29, 1.82) is 0 Å². The van der Waals surface area contributed by atoms with Crippen molar-refractivity contribution in [3.63, 3.8) is 0 Å². The van der Waals surface area contributed by atoms with Crippen LogP contribution in [-0.4, -0.2) is 37.0 Å². The van der Waals surface area contributed by atoms with Crippen LogP contribution >= 0.6 is 0 Å². The fraction of sp³-hybridized carbons (Fsp3) is 0.435. The smallest absolute Gasteiger partial charge is 0.238 e. The van der Waals surface area contributed by atoms with Crippen LogP contribution in [0.15, 0.2) is 54.6 Å². The van der Waals surface area contributed by atoms with Crippen LogP contribution in [0.1, 0.15) is 43.7 Å². The van der Waals surface area contributed by atoms with Crippen molar-refractivity contribution in [2.75, 3.05) is 36.4 Å². The lowest BCUT2D eigenvalue weighted by Crippen LogP contribution is -2.33. The molecule has 4 rings (SSSR count). The van der Waals surface area contributed by atoms with E-state index in [9.17, 15) is 4.79 Å². The zero-order valence-corrected chi connectivity index (χ0v) is 15.9. The van der Waals surface area contributed by atoms with Gasteiger partial charge >= 0.3 is 0 Å². The lowest BCUT2D eigenvalue weighted by Gasteiger charge is -2.29. The normalized spacial score (nSPS) is 20.6. The molecule has 0 radical (unpaired) electrons.